The maximum absolute atomic E-state index is 12.1. The molecule has 0 bridgehead atoms. The maximum atomic E-state index is 12.1. The highest BCUT2D eigenvalue weighted by atomic mass is 16.5. The average molecular weight is 297 g/mol. The maximum Gasteiger partial charge on any atom is 0.251 e. The molecule has 0 aliphatic heterocycles. The van der Waals surface area contributed by atoms with Crippen LogP contribution >= 0.6 is 0 Å². The van der Waals surface area contributed by atoms with Crippen molar-refractivity contribution in [2.24, 2.45) is 0 Å². The number of carbonyl (C=O) groups is 1. The molecular formula is C19H23NO2. The van der Waals surface area contributed by atoms with E-state index in [1.54, 1.807) is 0 Å². The highest BCUT2D eigenvalue weighted by Crippen LogP contribution is 2.20. The Labute approximate surface area is 132 Å². The number of nitrogens with one attached hydrogen (secondary N) is 1. The number of amides is 1. The Hall–Kier alpha value is -2.29. The summed E-state index contributed by atoms with van der Waals surface area (Å²) in [6, 6.07) is 11.8. The largest absolute Gasteiger partial charge is 0.491 e. The van der Waals surface area contributed by atoms with E-state index in [1.807, 2.05) is 51.1 Å². The molecule has 116 valence electrons. The van der Waals surface area contributed by atoms with Crippen LogP contribution in [-0.2, 0) is 0 Å². The van der Waals surface area contributed by atoms with Crippen molar-refractivity contribution in [3.63, 3.8) is 0 Å². The molecule has 3 nitrogen and oxygen atoms in total. The molecule has 0 radical (unpaired) electrons. The molecule has 0 spiro atoms. The molecule has 3 heteroatoms. The highest BCUT2D eigenvalue weighted by Gasteiger charge is 2.08. The van der Waals surface area contributed by atoms with Gasteiger partial charge in [0, 0.05) is 5.56 Å². The monoisotopic (exact) mass is 297 g/mol. The van der Waals surface area contributed by atoms with Crippen LogP contribution in [0.15, 0.2) is 36.4 Å². The molecule has 22 heavy (non-hydrogen) atoms. The van der Waals surface area contributed by atoms with Crippen LogP contribution in [0, 0.1) is 27.7 Å². The first-order valence-electron chi connectivity index (χ1n) is 7.53. The molecule has 0 aliphatic carbocycles. The lowest BCUT2D eigenvalue weighted by Crippen LogP contribution is -2.28. The van der Waals surface area contributed by atoms with E-state index < -0.39 is 0 Å². The summed E-state index contributed by atoms with van der Waals surface area (Å²) in [5.74, 6) is 0.822. The number of carbonyl (C=O) groups excluding carboxylic acids is 1. The molecule has 1 amide bonds. The minimum absolute atomic E-state index is 0.0536. The first-order valence-corrected chi connectivity index (χ1v) is 7.53. The molecule has 1 N–H and O–H groups in total. The summed E-state index contributed by atoms with van der Waals surface area (Å²) in [6.07, 6.45) is 0. The minimum Gasteiger partial charge on any atom is -0.491 e. The van der Waals surface area contributed by atoms with Crippen molar-refractivity contribution in [1.29, 1.82) is 0 Å². The Balaban J connectivity index is 1.86. The van der Waals surface area contributed by atoms with E-state index >= 15 is 0 Å². The predicted octanol–water partition coefficient (Wildman–Crippen LogP) is 3.73. The van der Waals surface area contributed by atoms with Gasteiger partial charge in [0.05, 0.1) is 6.54 Å². The second-order valence-corrected chi connectivity index (χ2v) is 5.62. The fourth-order valence-corrected chi connectivity index (χ4v) is 2.37. The second kappa shape index (κ2) is 7.12. The third-order valence-corrected chi connectivity index (χ3v) is 3.83. The van der Waals surface area contributed by atoms with Gasteiger partial charge in [-0.3, -0.25) is 4.79 Å². The Morgan fingerprint density at radius 1 is 1.05 bits per heavy atom. The van der Waals surface area contributed by atoms with Crippen molar-refractivity contribution in [2.75, 3.05) is 13.2 Å². The molecule has 0 unspecified atom stereocenters. The number of hydrogen-bond donors (Lipinski definition) is 1. The van der Waals surface area contributed by atoms with Crippen LogP contribution in [0.25, 0.3) is 0 Å². The molecule has 0 aromatic heterocycles. The lowest BCUT2D eigenvalue weighted by molar-refractivity contribution is 0.0946. The molecule has 2 aromatic rings. The lowest BCUT2D eigenvalue weighted by Gasteiger charge is -2.12. The average Bonchev–Trinajstić information content (AvgIpc) is 2.47. The van der Waals surface area contributed by atoms with Gasteiger partial charge in [-0.05, 0) is 56.5 Å². The summed E-state index contributed by atoms with van der Waals surface area (Å²) < 4.78 is 5.74. The van der Waals surface area contributed by atoms with Crippen molar-refractivity contribution in [3.05, 3.63) is 64.2 Å². The lowest BCUT2D eigenvalue weighted by atomic mass is 10.1. The van der Waals surface area contributed by atoms with E-state index in [1.165, 1.54) is 5.56 Å². The fraction of sp³-hybridized carbons (Fsp3) is 0.316. The topological polar surface area (TPSA) is 38.3 Å². The summed E-state index contributed by atoms with van der Waals surface area (Å²) in [4.78, 5) is 12.1. The quantitative estimate of drug-likeness (QED) is 0.854. The van der Waals surface area contributed by atoms with Gasteiger partial charge >= 0.3 is 0 Å². The van der Waals surface area contributed by atoms with Crippen molar-refractivity contribution < 1.29 is 9.53 Å². The van der Waals surface area contributed by atoms with Crippen LogP contribution in [0.5, 0.6) is 5.75 Å². The van der Waals surface area contributed by atoms with Crippen LogP contribution in [0.4, 0.5) is 0 Å². The van der Waals surface area contributed by atoms with Gasteiger partial charge in [-0.1, -0.05) is 29.8 Å². The normalized spacial score (nSPS) is 10.4. The second-order valence-electron chi connectivity index (χ2n) is 5.62. The predicted molar refractivity (Wildman–Crippen MR) is 89.7 cm³/mol. The summed E-state index contributed by atoms with van der Waals surface area (Å²) in [7, 11) is 0. The Bertz CT molecular complexity index is 677. The molecule has 0 aliphatic rings. The third-order valence-electron chi connectivity index (χ3n) is 3.83. The molecule has 2 rings (SSSR count). The van der Waals surface area contributed by atoms with Crippen LogP contribution in [0.1, 0.15) is 32.6 Å². The minimum atomic E-state index is -0.0536. The van der Waals surface area contributed by atoms with Gasteiger partial charge in [0.15, 0.2) is 0 Å². The van der Waals surface area contributed by atoms with Crippen LogP contribution in [0.2, 0.25) is 0 Å². The van der Waals surface area contributed by atoms with E-state index in [4.69, 9.17) is 4.74 Å². The Kier molecular flexibility index (Phi) is 5.21. The first kappa shape index (κ1) is 16.1. The Morgan fingerprint density at radius 2 is 1.82 bits per heavy atom. The van der Waals surface area contributed by atoms with Crippen molar-refractivity contribution in [1.82, 2.24) is 5.32 Å². The summed E-state index contributed by atoms with van der Waals surface area (Å²) in [5.41, 5.74) is 5.22. The van der Waals surface area contributed by atoms with E-state index in [-0.39, 0.29) is 5.91 Å². The zero-order valence-corrected chi connectivity index (χ0v) is 13.7. The number of benzene rings is 2. The molecule has 0 fully saturated rings. The molecule has 0 atom stereocenters. The van der Waals surface area contributed by atoms with Crippen molar-refractivity contribution in [2.45, 2.75) is 27.7 Å². The van der Waals surface area contributed by atoms with E-state index in [9.17, 15) is 4.79 Å². The number of rotatable bonds is 5. The van der Waals surface area contributed by atoms with Crippen molar-refractivity contribution in [3.8, 4) is 5.75 Å². The highest BCUT2D eigenvalue weighted by molar-refractivity contribution is 5.95. The van der Waals surface area contributed by atoms with Gasteiger partial charge < -0.3 is 10.1 Å². The zero-order valence-electron chi connectivity index (χ0n) is 13.7. The van der Waals surface area contributed by atoms with Gasteiger partial charge in [0.25, 0.3) is 5.91 Å². The van der Waals surface area contributed by atoms with Gasteiger partial charge in [-0.15, -0.1) is 0 Å². The first-order chi connectivity index (χ1) is 10.5. The standard InChI is InChI=1S/C19H23NO2/c1-13-8-9-17(15(3)12-13)19(21)20-10-11-22-18-7-5-6-14(2)16(18)4/h5-9,12H,10-11H2,1-4H3,(H,20,21). The van der Waals surface area contributed by atoms with Crippen LogP contribution < -0.4 is 10.1 Å². The van der Waals surface area contributed by atoms with E-state index in [0.717, 1.165) is 28.0 Å². The molecule has 0 saturated heterocycles. The molecule has 2 aromatic carbocycles. The SMILES string of the molecule is Cc1ccc(C(=O)NCCOc2cccc(C)c2C)c(C)c1. The van der Waals surface area contributed by atoms with E-state index in [2.05, 4.69) is 18.3 Å². The summed E-state index contributed by atoms with van der Waals surface area (Å²) in [5, 5.41) is 2.90. The number of aryl methyl sites for hydroxylation is 3. The third kappa shape index (κ3) is 3.88. The Morgan fingerprint density at radius 3 is 2.55 bits per heavy atom. The smallest absolute Gasteiger partial charge is 0.251 e. The van der Waals surface area contributed by atoms with Gasteiger partial charge in [-0.2, -0.15) is 0 Å². The van der Waals surface area contributed by atoms with Crippen molar-refractivity contribution >= 4 is 5.91 Å². The fourth-order valence-electron chi connectivity index (χ4n) is 2.37. The summed E-state index contributed by atoms with van der Waals surface area (Å²) >= 11 is 0. The van der Waals surface area contributed by atoms with Crippen LogP contribution in [-0.4, -0.2) is 19.1 Å². The number of ether oxygens (including phenoxy) is 1. The van der Waals surface area contributed by atoms with Crippen LogP contribution in [0.3, 0.4) is 0 Å². The van der Waals surface area contributed by atoms with E-state index in [0.29, 0.717) is 13.2 Å². The molecule has 0 saturated carbocycles. The molecular weight excluding hydrogens is 274 g/mol. The number of hydrogen-bond acceptors (Lipinski definition) is 2. The van der Waals surface area contributed by atoms with Gasteiger partial charge in [-0.25, -0.2) is 0 Å². The zero-order chi connectivity index (χ0) is 16.1. The molecule has 0 heterocycles. The van der Waals surface area contributed by atoms with Gasteiger partial charge in [0.2, 0.25) is 0 Å². The van der Waals surface area contributed by atoms with Gasteiger partial charge in [0.1, 0.15) is 12.4 Å². The summed E-state index contributed by atoms with van der Waals surface area (Å²) in [6.45, 7) is 9.02.